The quantitative estimate of drug-likeness (QED) is 0.809. The van der Waals surface area contributed by atoms with Gasteiger partial charge in [0.2, 0.25) is 11.8 Å². The summed E-state index contributed by atoms with van der Waals surface area (Å²) in [6.07, 6.45) is 1.10. The van der Waals surface area contributed by atoms with E-state index in [4.69, 9.17) is 5.73 Å². The van der Waals surface area contributed by atoms with E-state index in [9.17, 15) is 9.59 Å². The molecule has 0 saturated carbocycles. The number of nitrogens with two attached hydrogens (primary N) is 1. The fourth-order valence-corrected chi connectivity index (χ4v) is 2.95. The molecule has 1 aliphatic rings. The number of benzene rings is 1. The van der Waals surface area contributed by atoms with Crippen LogP contribution in [0.3, 0.4) is 0 Å². The average Bonchev–Trinajstić information content (AvgIpc) is 2.93. The minimum Gasteiger partial charge on any atom is -0.356 e. The zero-order valence-electron chi connectivity index (χ0n) is 14.9. The first-order valence-corrected chi connectivity index (χ1v) is 8.65. The van der Waals surface area contributed by atoms with Gasteiger partial charge in [-0.05, 0) is 12.0 Å². The van der Waals surface area contributed by atoms with Gasteiger partial charge in [0, 0.05) is 43.4 Å². The maximum Gasteiger partial charge on any atom is 0.225 e. The van der Waals surface area contributed by atoms with E-state index in [1.165, 1.54) is 5.56 Å². The van der Waals surface area contributed by atoms with Crippen molar-refractivity contribution >= 4 is 11.8 Å². The zero-order valence-corrected chi connectivity index (χ0v) is 14.9. The molecule has 2 rings (SSSR count). The summed E-state index contributed by atoms with van der Waals surface area (Å²) in [6, 6.07) is 10.1. The van der Waals surface area contributed by atoms with Crippen LogP contribution < -0.4 is 11.1 Å². The van der Waals surface area contributed by atoms with Crippen LogP contribution in [0.2, 0.25) is 0 Å². The van der Waals surface area contributed by atoms with E-state index >= 15 is 0 Å². The molecule has 1 saturated heterocycles. The van der Waals surface area contributed by atoms with E-state index in [0.717, 1.165) is 0 Å². The van der Waals surface area contributed by atoms with Crippen molar-refractivity contribution in [2.24, 2.45) is 11.1 Å². The van der Waals surface area contributed by atoms with E-state index in [0.29, 0.717) is 32.5 Å². The van der Waals surface area contributed by atoms with Crippen LogP contribution >= 0.6 is 0 Å². The molecule has 2 amide bonds. The van der Waals surface area contributed by atoms with E-state index < -0.39 is 5.41 Å². The molecular weight excluding hydrogens is 302 g/mol. The number of hydrogen-bond donors (Lipinski definition) is 2. The van der Waals surface area contributed by atoms with Gasteiger partial charge in [-0.2, -0.15) is 0 Å². The fraction of sp³-hybridized carbons (Fsp3) is 0.579. The predicted molar refractivity (Wildman–Crippen MR) is 95.4 cm³/mol. The van der Waals surface area contributed by atoms with Crippen molar-refractivity contribution < 1.29 is 9.59 Å². The molecule has 0 aliphatic carbocycles. The van der Waals surface area contributed by atoms with Gasteiger partial charge in [-0.15, -0.1) is 0 Å². The molecule has 1 fully saturated rings. The number of carbonyl (C=O) groups excluding carboxylic acids is 2. The Kier molecular flexibility index (Phi) is 5.99. The SMILES string of the molecule is CC(C)(C)C(=O)NCCCC(=O)N1C[C@@H](N)[C@H](c2ccccc2)C1. The Bertz CT molecular complexity index is 566. The molecule has 24 heavy (non-hydrogen) atoms. The molecule has 132 valence electrons. The lowest BCUT2D eigenvalue weighted by Gasteiger charge is -2.19. The van der Waals surface area contributed by atoms with Crippen molar-refractivity contribution in [3.8, 4) is 0 Å². The Balaban J connectivity index is 1.77. The van der Waals surface area contributed by atoms with E-state index in [1.54, 1.807) is 0 Å². The van der Waals surface area contributed by atoms with Crippen LogP contribution in [-0.2, 0) is 9.59 Å². The Hall–Kier alpha value is -1.88. The summed E-state index contributed by atoms with van der Waals surface area (Å²) in [5, 5.41) is 2.88. The largest absolute Gasteiger partial charge is 0.356 e. The zero-order chi connectivity index (χ0) is 17.7. The molecule has 5 nitrogen and oxygen atoms in total. The first-order chi connectivity index (χ1) is 11.3. The predicted octanol–water partition coefficient (Wildman–Crippen LogP) is 1.88. The van der Waals surface area contributed by atoms with Crippen molar-refractivity contribution in [1.82, 2.24) is 10.2 Å². The molecule has 0 bridgehead atoms. The first-order valence-electron chi connectivity index (χ1n) is 8.65. The van der Waals surface area contributed by atoms with E-state index in [-0.39, 0.29) is 23.8 Å². The fourth-order valence-electron chi connectivity index (χ4n) is 2.95. The van der Waals surface area contributed by atoms with Crippen molar-refractivity contribution in [3.05, 3.63) is 35.9 Å². The van der Waals surface area contributed by atoms with Crippen molar-refractivity contribution in [2.75, 3.05) is 19.6 Å². The maximum atomic E-state index is 12.4. The Morgan fingerprint density at radius 2 is 1.88 bits per heavy atom. The molecule has 0 aromatic heterocycles. The molecule has 0 spiro atoms. The Morgan fingerprint density at radius 3 is 2.50 bits per heavy atom. The second-order valence-electron chi connectivity index (χ2n) is 7.59. The van der Waals surface area contributed by atoms with Crippen LogP contribution in [0.25, 0.3) is 0 Å². The normalized spacial score (nSPS) is 20.9. The number of carbonyl (C=O) groups is 2. The minimum absolute atomic E-state index is 0.0160. The summed E-state index contributed by atoms with van der Waals surface area (Å²) in [5.74, 6) is 0.340. The molecule has 0 radical (unpaired) electrons. The second-order valence-corrected chi connectivity index (χ2v) is 7.59. The second kappa shape index (κ2) is 7.79. The standard InChI is InChI=1S/C19H29N3O2/c1-19(2,3)18(24)21-11-7-10-17(23)22-12-15(16(20)13-22)14-8-5-4-6-9-14/h4-6,8-9,15-16H,7,10-13,20H2,1-3H3,(H,21,24)/t15-,16+/m0/s1. The Labute approximate surface area is 144 Å². The number of nitrogens with one attached hydrogen (secondary N) is 1. The van der Waals surface area contributed by atoms with Gasteiger partial charge in [-0.25, -0.2) is 0 Å². The lowest BCUT2D eigenvalue weighted by molar-refractivity contribution is -0.131. The lowest BCUT2D eigenvalue weighted by atomic mass is 9.95. The van der Waals surface area contributed by atoms with Gasteiger partial charge in [-0.3, -0.25) is 9.59 Å². The molecule has 1 heterocycles. The van der Waals surface area contributed by atoms with E-state index in [1.807, 2.05) is 43.9 Å². The van der Waals surface area contributed by atoms with E-state index in [2.05, 4.69) is 17.4 Å². The molecule has 5 heteroatoms. The number of hydrogen-bond acceptors (Lipinski definition) is 3. The first kappa shape index (κ1) is 18.5. The highest BCUT2D eigenvalue weighted by Crippen LogP contribution is 2.26. The van der Waals surface area contributed by atoms with Gasteiger partial charge in [-0.1, -0.05) is 51.1 Å². The van der Waals surface area contributed by atoms with Crippen LogP contribution in [0.1, 0.15) is 45.1 Å². The summed E-state index contributed by atoms with van der Waals surface area (Å²) >= 11 is 0. The highest BCUT2D eigenvalue weighted by molar-refractivity contribution is 5.81. The molecule has 2 atom stereocenters. The Morgan fingerprint density at radius 1 is 1.21 bits per heavy atom. The minimum atomic E-state index is -0.394. The van der Waals surface area contributed by atoms with Crippen LogP contribution in [-0.4, -0.2) is 42.4 Å². The highest BCUT2D eigenvalue weighted by atomic mass is 16.2. The number of nitrogens with zero attached hydrogens (tertiary/aromatic N) is 1. The summed E-state index contributed by atoms with van der Waals surface area (Å²) in [7, 11) is 0. The number of rotatable bonds is 5. The lowest BCUT2D eigenvalue weighted by Crippen LogP contribution is -2.36. The topological polar surface area (TPSA) is 75.4 Å². The summed E-state index contributed by atoms with van der Waals surface area (Å²) in [5.41, 5.74) is 7.03. The summed E-state index contributed by atoms with van der Waals surface area (Å²) < 4.78 is 0. The monoisotopic (exact) mass is 331 g/mol. The number of likely N-dealkylation sites (tertiary alicyclic amines) is 1. The molecule has 1 aliphatic heterocycles. The highest BCUT2D eigenvalue weighted by Gasteiger charge is 2.33. The summed E-state index contributed by atoms with van der Waals surface area (Å²) in [6.45, 7) is 7.45. The van der Waals surface area contributed by atoms with Gasteiger partial charge in [0.25, 0.3) is 0 Å². The van der Waals surface area contributed by atoms with Gasteiger partial charge < -0.3 is 16.0 Å². The van der Waals surface area contributed by atoms with Crippen molar-refractivity contribution in [3.63, 3.8) is 0 Å². The summed E-state index contributed by atoms with van der Waals surface area (Å²) in [4.78, 5) is 26.0. The van der Waals surface area contributed by atoms with Crippen LogP contribution in [0.5, 0.6) is 0 Å². The molecule has 1 aromatic carbocycles. The molecule has 0 unspecified atom stereocenters. The molecular formula is C19H29N3O2. The molecule has 3 N–H and O–H groups in total. The van der Waals surface area contributed by atoms with Crippen molar-refractivity contribution in [1.29, 1.82) is 0 Å². The van der Waals surface area contributed by atoms with Gasteiger partial charge in [0.05, 0.1) is 0 Å². The third kappa shape index (κ3) is 4.81. The van der Waals surface area contributed by atoms with Gasteiger partial charge in [0.15, 0.2) is 0 Å². The van der Waals surface area contributed by atoms with Crippen LogP contribution in [0.4, 0.5) is 0 Å². The molecule has 1 aromatic rings. The number of amides is 2. The average molecular weight is 331 g/mol. The van der Waals surface area contributed by atoms with Gasteiger partial charge in [0.1, 0.15) is 0 Å². The van der Waals surface area contributed by atoms with Gasteiger partial charge >= 0.3 is 0 Å². The smallest absolute Gasteiger partial charge is 0.225 e. The van der Waals surface area contributed by atoms with Crippen molar-refractivity contribution in [2.45, 2.75) is 45.6 Å². The maximum absolute atomic E-state index is 12.4. The van der Waals surface area contributed by atoms with Crippen LogP contribution in [0.15, 0.2) is 30.3 Å². The third-order valence-electron chi connectivity index (χ3n) is 4.48. The van der Waals surface area contributed by atoms with Crippen LogP contribution in [0, 0.1) is 5.41 Å². The third-order valence-corrected chi connectivity index (χ3v) is 4.48.